The summed E-state index contributed by atoms with van der Waals surface area (Å²) in [5, 5.41) is 0. The van der Waals surface area contributed by atoms with Crippen molar-refractivity contribution < 1.29 is 18.9 Å². The standard InChI is InChI=1S/C40H82O4/c1-9-10-11-12-19-24-30-37(42-36-29-33-41-8)38(43-34-27-22-17-13-15-20-25-31-39(2,3)4)44-35-28-23-18-14-16-21-26-32-40(5,6)7/h37-38H,9-36H2,1-8H3. The van der Waals surface area contributed by atoms with Gasteiger partial charge in [0.15, 0.2) is 6.29 Å². The Morgan fingerprint density at radius 3 is 1.23 bits per heavy atom. The van der Waals surface area contributed by atoms with Crippen LogP contribution in [0.3, 0.4) is 0 Å². The van der Waals surface area contributed by atoms with Crippen molar-refractivity contribution in [3.8, 4) is 0 Å². The zero-order chi connectivity index (χ0) is 32.8. The lowest BCUT2D eigenvalue weighted by Crippen LogP contribution is -2.35. The summed E-state index contributed by atoms with van der Waals surface area (Å²) >= 11 is 0. The SMILES string of the molecule is CCCCCCCCC(OCCCOC)C(OCCCCCCCCCC(C)(C)C)OCCCCCCCCCC(C)(C)C. The lowest BCUT2D eigenvalue weighted by atomic mass is 9.89. The van der Waals surface area contributed by atoms with E-state index in [2.05, 4.69) is 48.5 Å². The van der Waals surface area contributed by atoms with Gasteiger partial charge in [0.2, 0.25) is 0 Å². The normalized spacial score (nSPS) is 13.3. The molecular weight excluding hydrogens is 544 g/mol. The monoisotopic (exact) mass is 627 g/mol. The zero-order valence-electron chi connectivity index (χ0n) is 31.6. The van der Waals surface area contributed by atoms with Crippen molar-refractivity contribution in [3.63, 3.8) is 0 Å². The molecule has 0 aliphatic heterocycles. The number of hydrogen-bond acceptors (Lipinski definition) is 4. The topological polar surface area (TPSA) is 36.9 Å². The van der Waals surface area contributed by atoms with Crippen LogP contribution in [-0.4, -0.2) is 45.9 Å². The summed E-state index contributed by atoms with van der Waals surface area (Å²) in [5.74, 6) is 0. The summed E-state index contributed by atoms with van der Waals surface area (Å²) in [5.41, 5.74) is 0.949. The second kappa shape index (κ2) is 30.2. The first kappa shape index (κ1) is 43.8. The molecule has 0 radical (unpaired) electrons. The van der Waals surface area contributed by atoms with E-state index < -0.39 is 0 Å². The molecule has 4 heteroatoms. The molecule has 0 amide bonds. The highest BCUT2D eigenvalue weighted by molar-refractivity contribution is 4.66. The Kier molecular flexibility index (Phi) is 30.1. The summed E-state index contributed by atoms with van der Waals surface area (Å²) in [6, 6.07) is 0. The Balaban J connectivity index is 4.59. The molecule has 0 saturated carbocycles. The molecule has 0 aromatic carbocycles. The average Bonchev–Trinajstić information content (AvgIpc) is 2.95. The summed E-state index contributed by atoms with van der Waals surface area (Å²) in [7, 11) is 1.76. The first-order valence-electron chi connectivity index (χ1n) is 19.4. The number of unbranched alkanes of at least 4 members (excludes halogenated alkanes) is 17. The van der Waals surface area contributed by atoms with Gasteiger partial charge in [-0.2, -0.15) is 0 Å². The van der Waals surface area contributed by atoms with Crippen LogP contribution in [0.25, 0.3) is 0 Å². The Morgan fingerprint density at radius 1 is 0.409 bits per heavy atom. The van der Waals surface area contributed by atoms with Crippen LogP contribution >= 0.6 is 0 Å². The number of ether oxygens (including phenoxy) is 4. The molecule has 44 heavy (non-hydrogen) atoms. The molecule has 0 aliphatic carbocycles. The van der Waals surface area contributed by atoms with Crippen LogP contribution in [-0.2, 0) is 18.9 Å². The second-order valence-electron chi connectivity index (χ2n) is 16.0. The van der Waals surface area contributed by atoms with Gasteiger partial charge >= 0.3 is 0 Å². The minimum atomic E-state index is -0.247. The predicted octanol–water partition coefficient (Wildman–Crippen LogP) is 12.9. The van der Waals surface area contributed by atoms with Gasteiger partial charge in [-0.1, -0.05) is 164 Å². The molecule has 0 aromatic heterocycles. The maximum atomic E-state index is 6.46. The fraction of sp³-hybridized carbons (Fsp3) is 1.00. The third-order valence-corrected chi connectivity index (χ3v) is 8.68. The number of rotatable bonds is 33. The van der Waals surface area contributed by atoms with Crippen molar-refractivity contribution in [1.82, 2.24) is 0 Å². The van der Waals surface area contributed by atoms with E-state index in [1.54, 1.807) is 7.11 Å². The summed E-state index contributed by atoms with van der Waals surface area (Å²) in [4.78, 5) is 0. The first-order valence-corrected chi connectivity index (χ1v) is 19.4. The van der Waals surface area contributed by atoms with E-state index in [0.717, 1.165) is 45.5 Å². The number of hydrogen-bond donors (Lipinski definition) is 0. The molecule has 4 nitrogen and oxygen atoms in total. The molecular formula is C40H82O4. The molecule has 0 aliphatic rings. The smallest absolute Gasteiger partial charge is 0.183 e. The van der Waals surface area contributed by atoms with Crippen LogP contribution in [0.4, 0.5) is 0 Å². The van der Waals surface area contributed by atoms with E-state index in [-0.39, 0.29) is 12.4 Å². The molecule has 0 rings (SSSR count). The Labute approximate surface area is 277 Å². The van der Waals surface area contributed by atoms with Crippen LogP contribution in [0.15, 0.2) is 0 Å². The molecule has 0 aromatic rings. The number of methoxy groups -OCH3 is 1. The lowest BCUT2D eigenvalue weighted by Gasteiger charge is -2.28. The molecule has 0 saturated heterocycles. The Bertz CT molecular complexity index is 531. The highest BCUT2D eigenvalue weighted by atomic mass is 16.7. The summed E-state index contributed by atoms with van der Waals surface area (Å²) in [6.45, 7) is 19.4. The fourth-order valence-corrected chi connectivity index (χ4v) is 5.81. The van der Waals surface area contributed by atoms with Gasteiger partial charge in [0, 0.05) is 33.5 Å². The summed E-state index contributed by atoms with van der Waals surface area (Å²) < 4.78 is 24.6. The van der Waals surface area contributed by atoms with Crippen molar-refractivity contribution in [2.75, 3.05) is 33.5 Å². The lowest BCUT2D eigenvalue weighted by molar-refractivity contribution is -0.210. The molecule has 0 N–H and O–H groups in total. The molecule has 1 atom stereocenters. The average molecular weight is 627 g/mol. The van der Waals surface area contributed by atoms with Crippen molar-refractivity contribution in [2.45, 2.75) is 215 Å². The maximum absolute atomic E-state index is 6.46. The molecule has 0 spiro atoms. The van der Waals surface area contributed by atoms with Gasteiger partial charge < -0.3 is 18.9 Å². The quantitative estimate of drug-likeness (QED) is 0.0536. The molecule has 266 valence electrons. The van der Waals surface area contributed by atoms with E-state index in [4.69, 9.17) is 18.9 Å². The van der Waals surface area contributed by atoms with Crippen molar-refractivity contribution in [1.29, 1.82) is 0 Å². The van der Waals surface area contributed by atoms with Gasteiger partial charge in [0.1, 0.15) is 6.10 Å². The largest absolute Gasteiger partial charge is 0.385 e. The summed E-state index contributed by atoms with van der Waals surface area (Å²) in [6.07, 6.45) is 30.5. The van der Waals surface area contributed by atoms with Crippen molar-refractivity contribution >= 4 is 0 Å². The van der Waals surface area contributed by atoms with Gasteiger partial charge in [-0.15, -0.1) is 0 Å². The van der Waals surface area contributed by atoms with E-state index in [0.29, 0.717) is 17.4 Å². The van der Waals surface area contributed by atoms with Crippen molar-refractivity contribution in [2.24, 2.45) is 10.8 Å². The van der Waals surface area contributed by atoms with Crippen LogP contribution < -0.4 is 0 Å². The van der Waals surface area contributed by atoms with E-state index in [1.165, 1.54) is 128 Å². The van der Waals surface area contributed by atoms with Crippen LogP contribution in [0, 0.1) is 10.8 Å². The van der Waals surface area contributed by atoms with Crippen LogP contribution in [0.5, 0.6) is 0 Å². The zero-order valence-corrected chi connectivity index (χ0v) is 31.6. The predicted molar refractivity (Wildman–Crippen MR) is 193 cm³/mol. The highest BCUT2D eigenvalue weighted by Gasteiger charge is 2.23. The minimum Gasteiger partial charge on any atom is -0.385 e. The second-order valence-corrected chi connectivity index (χ2v) is 16.0. The molecule has 1 unspecified atom stereocenters. The highest BCUT2D eigenvalue weighted by Crippen LogP contribution is 2.24. The van der Waals surface area contributed by atoms with Gasteiger partial charge in [0.25, 0.3) is 0 Å². The third-order valence-electron chi connectivity index (χ3n) is 8.68. The third kappa shape index (κ3) is 33.2. The van der Waals surface area contributed by atoms with Gasteiger partial charge in [-0.3, -0.25) is 0 Å². The maximum Gasteiger partial charge on any atom is 0.183 e. The Hall–Kier alpha value is -0.160. The minimum absolute atomic E-state index is 0.0173. The molecule has 0 heterocycles. The van der Waals surface area contributed by atoms with Crippen LogP contribution in [0.2, 0.25) is 0 Å². The van der Waals surface area contributed by atoms with E-state index >= 15 is 0 Å². The van der Waals surface area contributed by atoms with Gasteiger partial charge in [-0.05, 0) is 49.4 Å². The first-order chi connectivity index (χ1) is 21.1. The molecule has 0 fully saturated rings. The fourth-order valence-electron chi connectivity index (χ4n) is 5.81. The van der Waals surface area contributed by atoms with Crippen molar-refractivity contribution in [3.05, 3.63) is 0 Å². The van der Waals surface area contributed by atoms with E-state index in [1.807, 2.05) is 0 Å². The van der Waals surface area contributed by atoms with E-state index in [9.17, 15) is 0 Å². The van der Waals surface area contributed by atoms with Crippen LogP contribution in [0.1, 0.15) is 203 Å². The van der Waals surface area contributed by atoms with Gasteiger partial charge in [0.05, 0.1) is 0 Å². The Morgan fingerprint density at radius 2 is 0.795 bits per heavy atom. The molecule has 0 bridgehead atoms. The van der Waals surface area contributed by atoms with Gasteiger partial charge in [-0.25, -0.2) is 0 Å².